The number of methoxy groups -OCH3 is 1. The van der Waals surface area contributed by atoms with Crippen molar-refractivity contribution in [3.8, 4) is 0 Å². The van der Waals surface area contributed by atoms with E-state index in [-0.39, 0.29) is 28.5 Å². The number of carbonyl (C=O) groups excluding carboxylic acids is 4. The molecule has 0 radical (unpaired) electrons. The Kier molecular flexibility index (Phi) is 9.56. The monoisotopic (exact) mass is 619 g/mol. The van der Waals surface area contributed by atoms with Crippen LogP contribution in [0.5, 0.6) is 0 Å². The van der Waals surface area contributed by atoms with E-state index < -0.39 is 45.1 Å². The number of hydrogen-bond donors (Lipinski definition) is 1. The molecule has 1 aromatic carbocycles. The van der Waals surface area contributed by atoms with Crippen LogP contribution in [0.1, 0.15) is 50.9 Å². The Morgan fingerprint density at radius 1 is 1.12 bits per heavy atom. The zero-order valence-corrected chi connectivity index (χ0v) is 25.0. The van der Waals surface area contributed by atoms with E-state index in [1.165, 1.54) is 18.4 Å². The molecule has 2 heterocycles. The third-order valence-electron chi connectivity index (χ3n) is 6.23. The summed E-state index contributed by atoms with van der Waals surface area (Å²) in [5.74, 6) is -4.83. The van der Waals surface area contributed by atoms with Crippen LogP contribution >= 0.6 is 22.7 Å². The molecule has 41 heavy (non-hydrogen) atoms. The van der Waals surface area contributed by atoms with Crippen LogP contribution < -0.4 is 10.1 Å². The van der Waals surface area contributed by atoms with Crippen LogP contribution in [0.4, 0.5) is 5.00 Å². The highest BCUT2D eigenvalue weighted by atomic mass is 32.2. The first-order valence-electron chi connectivity index (χ1n) is 12.8. The number of ether oxygens (including phenoxy) is 2. The van der Waals surface area contributed by atoms with Crippen LogP contribution in [0.3, 0.4) is 0 Å². The molecule has 1 N–H and O–H groups in total. The van der Waals surface area contributed by atoms with Crippen molar-refractivity contribution in [3.63, 3.8) is 0 Å². The van der Waals surface area contributed by atoms with E-state index in [4.69, 9.17) is 9.47 Å². The fourth-order valence-electron chi connectivity index (χ4n) is 4.52. The van der Waals surface area contributed by atoms with E-state index >= 15 is 0 Å². The standard InChI is InChI=1S/C27H29N3O8S3/c1-4-12-30-18-11-10-16(25(33)37-3)13-20(18)40-27(30)29-22(32)15-41(35,36)14-21(31)28-24-23(26(34)38-5-2)17-8-6-7-9-19(17)39-24/h4,10-11,13H,1,5-9,12,14-15H2,2-3H3,(H,28,31). The Morgan fingerprint density at radius 2 is 1.88 bits per heavy atom. The first-order chi connectivity index (χ1) is 19.6. The van der Waals surface area contributed by atoms with Gasteiger partial charge in [0, 0.05) is 11.4 Å². The van der Waals surface area contributed by atoms with E-state index in [2.05, 4.69) is 16.9 Å². The van der Waals surface area contributed by atoms with Crippen LogP contribution in [0, 0.1) is 0 Å². The third-order valence-corrected chi connectivity index (χ3v) is 9.87. The van der Waals surface area contributed by atoms with E-state index in [0.29, 0.717) is 22.2 Å². The van der Waals surface area contributed by atoms with E-state index in [0.717, 1.165) is 41.0 Å². The lowest BCUT2D eigenvalue weighted by molar-refractivity contribution is -0.115. The lowest BCUT2D eigenvalue weighted by Crippen LogP contribution is -2.28. The van der Waals surface area contributed by atoms with Gasteiger partial charge in [-0.3, -0.25) is 9.59 Å². The largest absolute Gasteiger partial charge is 0.465 e. The van der Waals surface area contributed by atoms with Gasteiger partial charge in [0.1, 0.15) is 16.5 Å². The molecular formula is C27H29N3O8S3. The van der Waals surface area contributed by atoms with Gasteiger partial charge < -0.3 is 19.4 Å². The molecule has 0 fully saturated rings. The second kappa shape index (κ2) is 12.9. The summed E-state index contributed by atoms with van der Waals surface area (Å²) in [5.41, 5.74) is 2.10. The molecule has 14 heteroatoms. The van der Waals surface area contributed by atoms with Crippen molar-refractivity contribution in [1.29, 1.82) is 0 Å². The molecule has 0 unspecified atom stereocenters. The number of fused-ring (bicyclic) bond motifs is 2. The summed E-state index contributed by atoms with van der Waals surface area (Å²) in [6.45, 7) is 5.84. The zero-order chi connectivity index (χ0) is 29.7. The van der Waals surface area contributed by atoms with Crippen LogP contribution in [-0.4, -0.2) is 62.0 Å². The topological polar surface area (TPSA) is 150 Å². The summed E-state index contributed by atoms with van der Waals surface area (Å²) in [6.07, 6.45) is 4.91. The highest BCUT2D eigenvalue weighted by Crippen LogP contribution is 2.38. The number of nitrogens with zero attached hydrogens (tertiary/aromatic N) is 2. The van der Waals surface area contributed by atoms with Crippen LogP contribution in [-0.2, 0) is 48.3 Å². The van der Waals surface area contributed by atoms with Crippen molar-refractivity contribution in [2.24, 2.45) is 4.99 Å². The molecule has 11 nitrogen and oxygen atoms in total. The van der Waals surface area contributed by atoms with E-state index in [1.807, 2.05) is 0 Å². The molecule has 2 amide bonds. The normalized spacial score (nSPS) is 13.5. The molecule has 0 bridgehead atoms. The number of carbonyl (C=O) groups is 4. The van der Waals surface area contributed by atoms with Gasteiger partial charge in [-0.15, -0.1) is 17.9 Å². The number of thiophene rings is 1. The summed E-state index contributed by atoms with van der Waals surface area (Å²) in [7, 11) is -2.93. The number of benzene rings is 1. The minimum absolute atomic E-state index is 0.163. The van der Waals surface area contributed by atoms with Crippen molar-refractivity contribution in [2.75, 3.05) is 30.5 Å². The average molecular weight is 620 g/mol. The second-order valence-corrected chi connectivity index (χ2v) is 13.4. The first kappa shape index (κ1) is 30.3. The fourth-order valence-corrected chi connectivity index (χ4v) is 7.93. The van der Waals surface area contributed by atoms with Gasteiger partial charge in [-0.05, 0) is 56.4 Å². The number of anilines is 1. The predicted molar refractivity (Wildman–Crippen MR) is 156 cm³/mol. The molecule has 0 spiro atoms. The molecule has 0 saturated heterocycles. The van der Waals surface area contributed by atoms with Gasteiger partial charge in [0.05, 0.1) is 35.1 Å². The summed E-state index contributed by atoms with van der Waals surface area (Å²) in [4.78, 5) is 55.2. The minimum atomic E-state index is -4.20. The summed E-state index contributed by atoms with van der Waals surface area (Å²) in [5, 5.41) is 2.81. The number of allylic oxidation sites excluding steroid dienone is 1. The molecule has 218 valence electrons. The molecule has 0 atom stereocenters. The van der Waals surface area contributed by atoms with Gasteiger partial charge in [0.15, 0.2) is 14.6 Å². The highest BCUT2D eigenvalue weighted by molar-refractivity contribution is 7.92. The number of aryl methyl sites for hydroxylation is 1. The fraction of sp³-hybridized carbons (Fsp3) is 0.370. The van der Waals surface area contributed by atoms with Crippen molar-refractivity contribution in [3.05, 3.63) is 57.2 Å². The van der Waals surface area contributed by atoms with Gasteiger partial charge in [-0.25, -0.2) is 18.0 Å². The number of sulfone groups is 1. The Morgan fingerprint density at radius 3 is 2.59 bits per heavy atom. The lowest BCUT2D eigenvalue weighted by Gasteiger charge is -2.12. The molecule has 1 aliphatic carbocycles. The van der Waals surface area contributed by atoms with Crippen molar-refractivity contribution >= 4 is 71.5 Å². The minimum Gasteiger partial charge on any atom is -0.465 e. The average Bonchev–Trinajstić information content (AvgIpc) is 3.44. The highest BCUT2D eigenvalue weighted by Gasteiger charge is 2.29. The van der Waals surface area contributed by atoms with Gasteiger partial charge in [-0.2, -0.15) is 4.99 Å². The van der Waals surface area contributed by atoms with Crippen LogP contribution in [0.2, 0.25) is 0 Å². The smallest absolute Gasteiger partial charge is 0.341 e. The quantitative estimate of drug-likeness (QED) is 0.268. The number of thiazole rings is 1. The van der Waals surface area contributed by atoms with Gasteiger partial charge in [0.2, 0.25) is 5.91 Å². The number of rotatable bonds is 10. The van der Waals surface area contributed by atoms with Gasteiger partial charge >= 0.3 is 11.9 Å². The van der Waals surface area contributed by atoms with Gasteiger partial charge in [0.25, 0.3) is 5.91 Å². The molecule has 4 rings (SSSR count). The molecule has 0 aliphatic heterocycles. The van der Waals surface area contributed by atoms with Crippen molar-refractivity contribution < 1.29 is 37.1 Å². The lowest BCUT2D eigenvalue weighted by atomic mass is 9.95. The van der Waals surface area contributed by atoms with E-state index in [1.54, 1.807) is 35.8 Å². The number of hydrogen-bond acceptors (Lipinski definition) is 10. The number of aromatic nitrogens is 1. The van der Waals surface area contributed by atoms with Crippen LogP contribution in [0.25, 0.3) is 10.2 Å². The van der Waals surface area contributed by atoms with E-state index in [9.17, 15) is 27.6 Å². The molecule has 2 aromatic heterocycles. The maximum atomic E-state index is 12.8. The molecule has 0 saturated carbocycles. The first-order valence-corrected chi connectivity index (χ1v) is 16.2. The molecule has 3 aromatic rings. The maximum Gasteiger partial charge on any atom is 0.341 e. The molecule has 1 aliphatic rings. The summed E-state index contributed by atoms with van der Waals surface area (Å²) in [6, 6.07) is 4.86. The molecular weight excluding hydrogens is 591 g/mol. The summed E-state index contributed by atoms with van der Waals surface area (Å²) >= 11 is 2.35. The van der Waals surface area contributed by atoms with Gasteiger partial charge in [-0.1, -0.05) is 17.4 Å². The number of nitrogens with one attached hydrogen (secondary N) is 1. The Balaban J connectivity index is 1.52. The predicted octanol–water partition coefficient (Wildman–Crippen LogP) is 3.27. The number of esters is 2. The van der Waals surface area contributed by atoms with Crippen LogP contribution in [0.15, 0.2) is 35.8 Å². The Labute approximate surface area is 244 Å². The van der Waals surface area contributed by atoms with Crippen molar-refractivity contribution in [2.45, 2.75) is 39.2 Å². The SMILES string of the molecule is C=CCn1c(=NC(=O)CS(=O)(=O)CC(=O)Nc2sc3c(c2C(=O)OCC)CCCC3)sc2cc(C(=O)OC)ccc21. The van der Waals surface area contributed by atoms with Crippen molar-refractivity contribution in [1.82, 2.24) is 4.57 Å². The Hall–Kier alpha value is -3.62. The third kappa shape index (κ3) is 7.00. The second-order valence-electron chi connectivity index (χ2n) is 9.18. The Bertz CT molecular complexity index is 1710. The zero-order valence-electron chi connectivity index (χ0n) is 22.6. The summed E-state index contributed by atoms with van der Waals surface area (Å²) < 4.78 is 37.8. The number of amides is 2. The maximum absolute atomic E-state index is 12.8.